The largest absolute Gasteiger partial charge is 0.383 e. The number of benzene rings is 1. The van der Waals surface area contributed by atoms with Crippen LogP contribution in [0, 0.1) is 0 Å². The van der Waals surface area contributed by atoms with Crippen LogP contribution in [0.5, 0.6) is 0 Å². The fourth-order valence-electron chi connectivity index (χ4n) is 2.54. The lowest BCUT2D eigenvalue weighted by atomic mass is 10.2. The topological polar surface area (TPSA) is 91.9 Å². The number of anilines is 1. The van der Waals surface area contributed by atoms with Crippen molar-refractivity contribution in [3.05, 3.63) is 29.8 Å². The molecular formula is C18H30Cl2N4O4. The number of ether oxygens (including phenoxy) is 2. The highest BCUT2D eigenvalue weighted by atomic mass is 35.5. The fraction of sp³-hybridized carbons (Fsp3) is 0.556. The summed E-state index contributed by atoms with van der Waals surface area (Å²) in [5.74, 6) is -0.249. The smallest absolute Gasteiger partial charge is 0.251 e. The third-order valence-corrected chi connectivity index (χ3v) is 4.02. The summed E-state index contributed by atoms with van der Waals surface area (Å²) in [5.41, 5.74) is 1.23. The van der Waals surface area contributed by atoms with Gasteiger partial charge in [0.1, 0.15) is 0 Å². The van der Waals surface area contributed by atoms with Gasteiger partial charge in [-0.3, -0.25) is 14.5 Å². The zero-order valence-electron chi connectivity index (χ0n) is 16.1. The zero-order valence-corrected chi connectivity index (χ0v) is 17.7. The number of rotatable bonds is 10. The summed E-state index contributed by atoms with van der Waals surface area (Å²) in [5, 5.41) is 8.67. The van der Waals surface area contributed by atoms with Crippen molar-refractivity contribution >= 4 is 42.3 Å². The summed E-state index contributed by atoms with van der Waals surface area (Å²) in [7, 11) is 1.61. The fourth-order valence-corrected chi connectivity index (χ4v) is 2.54. The standard InChI is InChI=1S/C18H28N4O4.2ClH/c1-25-11-7-19-14-17(23)21-16-4-2-15(3-5-16)18(24)20-6-8-22-9-12-26-13-10-22;;/h2-5,19H,6-14H2,1H3,(H,20,24)(H,21,23);2*1H. The molecule has 3 N–H and O–H groups in total. The van der Waals surface area contributed by atoms with E-state index in [4.69, 9.17) is 9.47 Å². The molecule has 1 aliphatic heterocycles. The van der Waals surface area contributed by atoms with Crippen molar-refractivity contribution in [3.63, 3.8) is 0 Å². The lowest BCUT2D eigenvalue weighted by Crippen LogP contribution is -2.41. The van der Waals surface area contributed by atoms with E-state index >= 15 is 0 Å². The molecule has 1 fully saturated rings. The van der Waals surface area contributed by atoms with Gasteiger partial charge in [0.25, 0.3) is 5.91 Å². The Morgan fingerprint density at radius 2 is 1.79 bits per heavy atom. The molecule has 1 heterocycles. The molecule has 2 amide bonds. The summed E-state index contributed by atoms with van der Waals surface area (Å²) in [6.45, 7) is 6.13. The molecule has 2 rings (SSSR count). The summed E-state index contributed by atoms with van der Waals surface area (Å²) >= 11 is 0. The Hall–Kier alpha value is -1.42. The zero-order chi connectivity index (χ0) is 18.6. The first-order valence-electron chi connectivity index (χ1n) is 8.87. The van der Waals surface area contributed by atoms with Gasteiger partial charge in [-0.05, 0) is 24.3 Å². The number of amides is 2. The molecule has 0 spiro atoms. The number of halogens is 2. The molecule has 0 unspecified atom stereocenters. The molecule has 10 heteroatoms. The molecule has 1 saturated heterocycles. The highest BCUT2D eigenvalue weighted by molar-refractivity contribution is 5.96. The molecule has 0 aliphatic carbocycles. The van der Waals surface area contributed by atoms with Gasteiger partial charge in [0, 0.05) is 51.1 Å². The van der Waals surface area contributed by atoms with Gasteiger partial charge in [-0.15, -0.1) is 24.8 Å². The Kier molecular flexibility index (Phi) is 14.7. The van der Waals surface area contributed by atoms with Crippen LogP contribution >= 0.6 is 24.8 Å². The van der Waals surface area contributed by atoms with Crippen molar-refractivity contribution in [2.75, 3.05) is 71.5 Å². The molecule has 28 heavy (non-hydrogen) atoms. The molecule has 160 valence electrons. The average Bonchev–Trinajstić information content (AvgIpc) is 2.66. The number of nitrogens with zero attached hydrogens (tertiary/aromatic N) is 1. The van der Waals surface area contributed by atoms with E-state index in [2.05, 4.69) is 20.9 Å². The summed E-state index contributed by atoms with van der Waals surface area (Å²) in [6, 6.07) is 6.87. The van der Waals surface area contributed by atoms with Gasteiger partial charge >= 0.3 is 0 Å². The normalized spacial score (nSPS) is 13.8. The molecule has 1 aromatic carbocycles. The van der Waals surface area contributed by atoms with E-state index in [1.807, 2.05) is 0 Å². The average molecular weight is 437 g/mol. The van der Waals surface area contributed by atoms with Crippen LogP contribution in [0.3, 0.4) is 0 Å². The molecular weight excluding hydrogens is 407 g/mol. The molecule has 0 bridgehead atoms. The van der Waals surface area contributed by atoms with E-state index in [9.17, 15) is 9.59 Å². The second kappa shape index (κ2) is 15.5. The summed E-state index contributed by atoms with van der Waals surface area (Å²) < 4.78 is 10.2. The van der Waals surface area contributed by atoms with E-state index < -0.39 is 0 Å². The van der Waals surface area contributed by atoms with E-state index in [0.717, 1.165) is 32.8 Å². The Balaban J connectivity index is 0.00000364. The van der Waals surface area contributed by atoms with Gasteiger partial charge in [-0.2, -0.15) is 0 Å². The Bertz CT molecular complexity index is 569. The van der Waals surface area contributed by atoms with Crippen LogP contribution in [0.25, 0.3) is 0 Å². The van der Waals surface area contributed by atoms with Gasteiger partial charge in [0.2, 0.25) is 5.91 Å². The molecule has 0 radical (unpaired) electrons. The van der Waals surface area contributed by atoms with Crippen molar-refractivity contribution in [2.24, 2.45) is 0 Å². The second-order valence-corrected chi connectivity index (χ2v) is 6.01. The minimum absolute atomic E-state index is 0. The summed E-state index contributed by atoms with van der Waals surface area (Å²) in [6.07, 6.45) is 0. The van der Waals surface area contributed by atoms with E-state index in [1.54, 1.807) is 31.4 Å². The number of morpholine rings is 1. The van der Waals surface area contributed by atoms with E-state index in [1.165, 1.54) is 0 Å². The van der Waals surface area contributed by atoms with E-state index in [-0.39, 0.29) is 43.2 Å². The van der Waals surface area contributed by atoms with Gasteiger partial charge in [-0.1, -0.05) is 0 Å². The first-order chi connectivity index (χ1) is 12.7. The van der Waals surface area contributed by atoms with Crippen LogP contribution in [-0.4, -0.2) is 82.9 Å². The van der Waals surface area contributed by atoms with Crippen molar-refractivity contribution < 1.29 is 19.1 Å². The minimum Gasteiger partial charge on any atom is -0.383 e. The van der Waals surface area contributed by atoms with Gasteiger partial charge in [0.15, 0.2) is 0 Å². The number of carbonyl (C=O) groups is 2. The second-order valence-electron chi connectivity index (χ2n) is 6.01. The molecule has 8 nitrogen and oxygen atoms in total. The van der Waals surface area contributed by atoms with Crippen LogP contribution in [-0.2, 0) is 14.3 Å². The highest BCUT2D eigenvalue weighted by Crippen LogP contribution is 2.09. The molecule has 1 aliphatic rings. The maximum atomic E-state index is 12.2. The summed E-state index contributed by atoms with van der Waals surface area (Å²) in [4.78, 5) is 26.2. The van der Waals surface area contributed by atoms with Crippen LogP contribution in [0.15, 0.2) is 24.3 Å². The number of methoxy groups -OCH3 is 1. The van der Waals surface area contributed by atoms with Crippen molar-refractivity contribution in [3.8, 4) is 0 Å². The Morgan fingerprint density at radius 1 is 1.11 bits per heavy atom. The van der Waals surface area contributed by atoms with Crippen molar-refractivity contribution in [2.45, 2.75) is 0 Å². The van der Waals surface area contributed by atoms with E-state index in [0.29, 0.717) is 30.9 Å². The number of nitrogens with one attached hydrogen (secondary N) is 3. The van der Waals surface area contributed by atoms with Crippen LogP contribution < -0.4 is 16.0 Å². The Morgan fingerprint density at radius 3 is 2.43 bits per heavy atom. The first-order valence-corrected chi connectivity index (χ1v) is 8.87. The van der Waals surface area contributed by atoms with Gasteiger partial charge in [0.05, 0.1) is 26.4 Å². The van der Waals surface area contributed by atoms with Gasteiger partial charge < -0.3 is 25.4 Å². The lowest BCUT2D eigenvalue weighted by molar-refractivity contribution is -0.115. The number of carbonyl (C=O) groups excluding carboxylic acids is 2. The van der Waals surface area contributed by atoms with Crippen LogP contribution in [0.4, 0.5) is 5.69 Å². The molecule has 0 saturated carbocycles. The molecule has 0 atom stereocenters. The maximum Gasteiger partial charge on any atom is 0.251 e. The number of hydrogen-bond donors (Lipinski definition) is 3. The quantitative estimate of drug-likeness (QED) is 0.469. The predicted molar refractivity (Wildman–Crippen MR) is 114 cm³/mol. The van der Waals surface area contributed by atoms with Crippen LogP contribution in [0.2, 0.25) is 0 Å². The van der Waals surface area contributed by atoms with Crippen LogP contribution in [0.1, 0.15) is 10.4 Å². The number of hydrogen-bond acceptors (Lipinski definition) is 6. The maximum absolute atomic E-state index is 12.2. The third-order valence-electron chi connectivity index (χ3n) is 4.02. The minimum atomic E-state index is -0.135. The SMILES string of the molecule is COCCNCC(=O)Nc1ccc(C(=O)NCCN2CCOCC2)cc1.Cl.Cl. The predicted octanol–water partition coefficient (Wildman–Crippen LogP) is 0.767. The monoisotopic (exact) mass is 436 g/mol. The van der Waals surface area contributed by atoms with Crippen molar-refractivity contribution in [1.29, 1.82) is 0 Å². The highest BCUT2D eigenvalue weighted by Gasteiger charge is 2.11. The molecule has 1 aromatic rings. The Labute approximate surface area is 178 Å². The molecule has 0 aromatic heterocycles. The van der Waals surface area contributed by atoms with Gasteiger partial charge in [-0.25, -0.2) is 0 Å². The van der Waals surface area contributed by atoms with Crippen molar-refractivity contribution in [1.82, 2.24) is 15.5 Å². The lowest BCUT2D eigenvalue weighted by Gasteiger charge is -2.26. The first kappa shape index (κ1) is 26.6. The third kappa shape index (κ3) is 10.2.